The number of aromatic nitrogens is 2. The lowest BCUT2D eigenvalue weighted by atomic mass is 10.1. The Kier molecular flexibility index (Phi) is 5.19. The van der Waals surface area contributed by atoms with Crippen LogP contribution in [0.3, 0.4) is 0 Å². The highest BCUT2D eigenvalue weighted by Crippen LogP contribution is 2.21. The number of nitrogens with zero attached hydrogens (tertiary/aromatic N) is 2. The van der Waals surface area contributed by atoms with Crippen molar-refractivity contribution >= 4 is 21.8 Å². The van der Waals surface area contributed by atoms with E-state index >= 15 is 0 Å². The first-order valence-electron chi connectivity index (χ1n) is 7.36. The van der Waals surface area contributed by atoms with Gasteiger partial charge in [0.2, 0.25) is 5.88 Å². The zero-order chi connectivity index (χ0) is 16.1. The maximum atomic E-state index is 12.1. The SMILES string of the molecule is O=C(NC1CCOCC1)c1ccc(Oc2ccc(Br)cc2)nn1. The Morgan fingerprint density at radius 2 is 1.87 bits per heavy atom. The lowest BCUT2D eigenvalue weighted by Gasteiger charge is -2.22. The molecule has 0 bridgehead atoms. The molecule has 6 nitrogen and oxygen atoms in total. The van der Waals surface area contributed by atoms with Crippen molar-refractivity contribution < 1.29 is 14.3 Å². The molecule has 120 valence electrons. The highest BCUT2D eigenvalue weighted by atomic mass is 79.9. The van der Waals surface area contributed by atoms with Gasteiger partial charge in [-0.25, -0.2) is 0 Å². The number of hydrogen-bond donors (Lipinski definition) is 1. The van der Waals surface area contributed by atoms with Gasteiger partial charge in [0.05, 0.1) is 0 Å². The minimum absolute atomic E-state index is 0.136. The van der Waals surface area contributed by atoms with Gasteiger partial charge in [0.15, 0.2) is 5.69 Å². The van der Waals surface area contributed by atoms with Gasteiger partial charge in [-0.1, -0.05) is 15.9 Å². The smallest absolute Gasteiger partial charge is 0.272 e. The molecule has 1 fully saturated rings. The van der Waals surface area contributed by atoms with Crippen LogP contribution in [0, 0.1) is 0 Å². The first kappa shape index (κ1) is 15.9. The number of carbonyl (C=O) groups excluding carboxylic acids is 1. The Bertz CT molecular complexity index is 655. The molecule has 1 N–H and O–H groups in total. The Balaban J connectivity index is 1.59. The summed E-state index contributed by atoms with van der Waals surface area (Å²) in [5.74, 6) is 0.774. The van der Waals surface area contributed by atoms with Crippen LogP contribution in [0.5, 0.6) is 11.6 Å². The fourth-order valence-corrected chi connectivity index (χ4v) is 2.48. The fourth-order valence-electron chi connectivity index (χ4n) is 2.22. The molecule has 2 aromatic rings. The van der Waals surface area contributed by atoms with Crippen molar-refractivity contribution in [1.82, 2.24) is 15.5 Å². The molecule has 0 spiro atoms. The number of benzene rings is 1. The largest absolute Gasteiger partial charge is 0.438 e. The van der Waals surface area contributed by atoms with Gasteiger partial charge in [-0.15, -0.1) is 10.2 Å². The molecular formula is C16H16BrN3O3. The quantitative estimate of drug-likeness (QED) is 0.886. The predicted molar refractivity (Wildman–Crippen MR) is 87.6 cm³/mol. The average Bonchev–Trinajstić information content (AvgIpc) is 2.58. The molecular weight excluding hydrogens is 362 g/mol. The summed E-state index contributed by atoms with van der Waals surface area (Å²) in [4.78, 5) is 12.1. The van der Waals surface area contributed by atoms with Crippen molar-refractivity contribution in [3.63, 3.8) is 0 Å². The van der Waals surface area contributed by atoms with E-state index in [0.29, 0.717) is 24.8 Å². The van der Waals surface area contributed by atoms with Gasteiger partial charge in [-0.2, -0.15) is 0 Å². The Morgan fingerprint density at radius 3 is 2.52 bits per heavy atom. The minimum atomic E-state index is -0.223. The molecule has 3 rings (SSSR count). The van der Waals surface area contributed by atoms with Crippen molar-refractivity contribution in [3.8, 4) is 11.6 Å². The normalized spacial score (nSPS) is 15.2. The summed E-state index contributed by atoms with van der Waals surface area (Å²) in [6.07, 6.45) is 1.65. The molecule has 0 atom stereocenters. The molecule has 2 heterocycles. The lowest BCUT2D eigenvalue weighted by molar-refractivity contribution is 0.0693. The monoisotopic (exact) mass is 377 g/mol. The van der Waals surface area contributed by atoms with Gasteiger partial charge >= 0.3 is 0 Å². The van der Waals surface area contributed by atoms with E-state index in [4.69, 9.17) is 9.47 Å². The molecule has 0 aliphatic carbocycles. The molecule has 1 saturated heterocycles. The van der Waals surface area contributed by atoms with Crippen LogP contribution in [0.1, 0.15) is 23.3 Å². The summed E-state index contributed by atoms with van der Waals surface area (Å²) in [6, 6.07) is 10.8. The topological polar surface area (TPSA) is 73.3 Å². The molecule has 23 heavy (non-hydrogen) atoms. The number of carbonyl (C=O) groups is 1. The summed E-state index contributed by atoms with van der Waals surface area (Å²) in [5, 5.41) is 10.8. The predicted octanol–water partition coefficient (Wildman–Crippen LogP) is 2.94. The number of nitrogens with one attached hydrogen (secondary N) is 1. The molecule has 1 aliphatic rings. The number of rotatable bonds is 4. The van der Waals surface area contributed by atoms with Crippen LogP contribution < -0.4 is 10.1 Å². The maximum Gasteiger partial charge on any atom is 0.272 e. The second-order valence-electron chi connectivity index (χ2n) is 5.17. The van der Waals surface area contributed by atoms with E-state index in [0.717, 1.165) is 17.3 Å². The molecule has 0 unspecified atom stereocenters. The first-order chi connectivity index (χ1) is 11.2. The van der Waals surface area contributed by atoms with Gasteiger partial charge in [0.25, 0.3) is 5.91 Å². The molecule has 1 aromatic heterocycles. The summed E-state index contributed by atoms with van der Waals surface area (Å²) in [5.41, 5.74) is 0.277. The summed E-state index contributed by atoms with van der Waals surface area (Å²) in [7, 11) is 0. The Hall–Kier alpha value is -1.99. The second kappa shape index (κ2) is 7.52. The van der Waals surface area contributed by atoms with Crippen LogP contribution in [0.15, 0.2) is 40.9 Å². The van der Waals surface area contributed by atoms with Crippen LogP contribution in [0.2, 0.25) is 0 Å². The average molecular weight is 378 g/mol. The highest BCUT2D eigenvalue weighted by Gasteiger charge is 2.18. The Labute approximate surface area is 142 Å². The van der Waals surface area contributed by atoms with Gasteiger partial charge in [0, 0.05) is 29.8 Å². The number of ether oxygens (including phenoxy) is 2. The number of hydrogen-bond acceptors (Lipinski definition) is 5. The van der Waals surface area contributed by atoms with Gasteiger partial charge in [0.1, 0.15) is 5.75 Å². The molecule has 1 aromatic carbocycles. The van der Waals surface area contributed by atoms with E-state index in [1.165, 1.54) is 0 Å². The van der Waals surface area contributed by atoms with Gasteiger partial charge in [-0.05, 0) is 43.2 Å². The van der Waals surface area contributed by atoms with Crippen LogP contribution >= 0.6 is 15.9 Å². The third-order valence-corrected chi connectivity index (χ3v) is 3.99. The zero-order valence-corrected chi connectivity index (χ0v) is 14.0. The van der Waals surface area contributed by atoms with E-state index in [1.54, 1.807) is 12.1 Å². The number of amides is 1. The van der Waals surface area contributed by atoms with Crippen molar-refractivity contribution in [2.45, 2.75) is 18.9 Å². The third-order valence-electron chi connectivity index (χ3n) is 3.47. The van der Waals surface area contributed by atoms with E-state index in [1.807, 2.05) is 24.3 Å². The van der Waals surface area contributed by atoms with Crippen LogP contribution in [-0.4, -0.2) is 35.4 Å². The Morgan fingerprint density at radius 1 is 1.13 bits per heavy atom. The van der Waals surface area contributed by atoms with Crippen molar-refractivity contribution in [2.75, 3.05) is 13.2 Å². The molecule has 7 heteroatoms. The van der Waals surface area contributed by atoms with Gasteiger partial charge < -0.3 is 14.8 Å². The molecule has 0 radical (unpaired) electrons. The third kappa shape index (κ3) is 4.49. The van der Waals surface area contributed by atoms with Crippen LogP contribution in [0.25, 0.3) is 0 Å². The first-order valence-corrected chi connectivity index (χ1v) is 8.16. The lowest BCUT2D eigenvalue weighted by Crippen LogP contribution is -2.39. The zero-order valence-electron chi connectivity index (χ0n) is 12.4. The molecule has 1 amide bonds. The second-order valence-corrected chi connectivity index (χ2v) is 6.09. The van der Waals surface area contributed by atoms with Crippen LogP contribution in [0.4, 0.5) is 0 Å². The maximum absolute atomic E-state index is 12.1. The van der Waals surface area contributed by atoms with Gasteiger partial charge in [-0.3, -0.25) is 4.79 Å². The van der Waals surface area contributed by atoms with Crippen molar-refractivity contribution in [3.05, 3.63) is 46.6 Å². The van der Waals surface area contributed by atoms with E-state index < -0.39 is 0 Å². The van der Waals surface area contributed by atoms with Crippen molar-refractivity contribution in [2.24, 2.45) is 0 Å². The summed E-state index contributed by atoms with van der Waals surface area (Å²) < 4.78 is 11.8. The number of halogens is 1. The summed E-state index contributed by atoms with van der Waals surface area (Å²) in [6.45, 7) is 1.35. The molecule has 0 saturated carbocycles. The minimum Gasteiger partial charge on any atom is -0.438 e. The van der Waals surface area contributed by atoms with Crippen molar-refractivity contribution in [1.29, 1.82) is 0 Å². The highest BCUT2D eigenvalue weighted by molar-refractivity contribution is 9.10. The summed E-state index contributed by atoms with van der Waals surface area (Å²) >= 11 is 3.36. The van der Waals surface area contributed by atoms with E-state index in [9.17, 15) is 4.79 Å². The molecule has 1 aliphatic heterocycles. The fraction of sp³-hybridized carbons (Fsp3) is 0.312. The van der Waals surface area contributed by atoms with Crippen LogP contribution in [-0.2, 0) is 4.74 Å². The van der Waals surface area contributed by atoms with E-state index in [-0.39, 0.29) is 17.6 Å². The standard InChI is InChI=1S/C16H16BrN3O3/c17-11-1-3-13(4-2-11)23-15-6-5-14(19-20-15)16(21)18-12-7-9-22-10-8-12/h1-6,12H,7-10H2,(H,18,21). The van der Waals surface area contributed by atoms with E-state index in [2.05, 4.69) is 31.4 Å².